The van der Waals surface area contributed by atoms with E-state index < -0.39 is 16.1 Å². The van der Waals surface area contributed by atoms with Crippen LogP contribution in [0.3, 0.4) is 0 Å². The van der Waals surface area contributed by atoms with Crippen molar-refractivity contribution in [1.82, 2.24) is 5.32 Å². The van der Waals surface area contributed by atoms with E-state index in [-0.39, 0.29) is 18.5 Å². The van der Waals surface area contributed by atoms with Crippen molar-refractivity contribution in [2.24, 2.45) is 0 Å². The number of hydrogen-bond acceptors (Lipinski definition) is 4. The molecule has 2 unspecified atom stereocenters. The van der Waals surface area contributed by atoms with Gasteiger partial charge in [-0.3, -0.25) is 9.10 Å². The topological polar surface area (TPSA) is 75.7 Å². The first kappa shape index (κ1) is 16.6. The molecule has 122 valence electrons. The predicted octanol–water partition coefficient (Wildman–Crippen LogP) is 1.52. The highest BCUT2D eigenvalue weighted by atomic mass is 32.2. The molecule has 6 nitrogen and oxygen atoms in total. The molecule has 0 fully saturated rings. The van der Waals surface area contributed by atoms with E-state index in [2.05, 4.69) is 5.32 Å². The Hall–Kier alpha value is -1.76. The Kier molecular flexibility index (Phi) is 4.95. The Morgan fingerprint density at radius 2 is 2.14 bits per heavy atom. The van der Waals surface area contributed by atoms with E-state index in [0.717, 1.165) is 19.1 Å². The van der Waals surface area contributed by atoms with Crippen molar-refractivity contribution < 1.29 is 17.9 Å². The molecule has 1 heterocycles. The molecule has 0 saturated carbocycles. The van der Waals surface area contributed by atoms with Crippen LogP contribution in [0.4, 0.5) is 5.69 Å². The summed E-state index contributed by atoms with van der Waals surface area (Å²) in [4.78, 5) is 12.3. The highest BCUT2D eigenvalue weighted by Gasteiger charge is 2.35. The first-order valence-corrected chi connectivity index (χ1v) is 9.21. The van der Waals surface area contributed by atoms with Crippen LogP contribution < -0.4 is 14.4 Å². The van der Waals surface area contributed by atoms with E-state index in [9.17, 15) is 13.2 Å². The van der Waals surface area contributed by atoms with Gasteiger partial charge in [0.05, 0.1) is 18.5 Å². The van der Waals surface area contributed by atoms with Crippen LogP contribution in [-0.4, -0.2) is 39.3 Å². The van der Waals surface area contributed by atoms with Crippen LogP contribution in [0.5, 0.6) is 5.75 Å². The van der Waals surface area contributed by atoms with Crippen molar-refractivity contribution in [3.8, 4) is 5.75 Å². The number of benzene rings is 1. The number of ether oxygens (including phenoxy) is 1. The molecule has 0 radical (unpaired) electrons. The molecule has 1 N–H and O–H groups in total. The third kappa shape index (κ3) is 3.71. The second kappa shape index (κ2) is 6.56. The van der Waals surface area contributed by atoms with Crippen LogP contribution in [0.25, 0.3) is 0 Å². The first-order valence-electron chi connectivity index (χ1n) is 7.36. The average molecular weight is 326 g/mol. The smallest absolute Gasteiger partial charge is 0.263 e. The van der Waals surface area contributed by atoms with Crippen molar-refractivity contribution in [2.45, 2.75) is 38.8 Å². The Bertz CT molecular complexity index is 645. The van der Waals surface area contributed by atoms with Gasteiger partial charge < -0.3 is 10.1 Å². The zero-order chi connectivity index (χ0) is 16.3. The van der Waals surface area contributed by atoms with Crippen LogP contribution in [0.15, 0.2) is 24.3 Å². The fourth-order valence-corrected chi connectivity index (χ4v) is 3.41. The fourth-order valence-electron chi connectivity index (χ4n) is 2.49. The van der Waals surface area contributed by atoms with Crippen molar-refractivity contribution in [3.63, 3.8) is 0 Å². The molecule has 1 aliphatic heterocycles. The van der Waals surface area contributed by atoms with E-state index >= 15 is 0 Å². The Balaban J connectivity index is 2.22. The molecule has 22 heavy (non-hydrogen) atoms. The molecule has 1 amide bonds. The summed E-state index contributed by atoms with van der Waals surface area (Å²) < 4.78 is 30.9. The standard InChI is InChI=1S/C15H22N2O4S/c1-4-7-11(2)16-15(18)14-10-17(22(3,19)20)12-8-5-6-9-13(12)21-14/h5-6,8-9,11,14H,4,7,10H2,1-3H3,(H,16,18). The molecule has 0 bridgehead atoms. The lowest BCUT2D eigenvalue weighted by Crippen LogP contribution is -2.52. The molecule has 7 heteroatoms. The molecule has 1 aliphatic rings. The maximum absolute atomic E-state index is 12.3. The normalized spacial score (nSPS) is 19.0. The molecule has 1 aromatic rings. The van der Waals surface area contributed by atoms with Crippen molar-refractivity contribution in [2.75, 3.05) is 17.1 Å². The lowest BCUT2D eigenvalue weighted by atomic mass is 10.1. The predicted molar refractivity (Wildman–Crippen MR) is 85.6 cm³/mol. The number of anilines is 1. The van der Waals surface area contributed by atoms with Gasteiger partial charge in [-0.1, -0.05) is 25.5 Å². The van der Waals surface area contributed by atoms with Gasteiger partial charge in [-0.05, 0) is 25.5 Å². The van der Waals surface area contributed by atoms with E-state index in [1.54, 1.807) is 24.3 Å². The van der Waals surface area contributed by atoms with Gasteiger partial charge in [0.15, 0.2) is 6.10 Å². The van der Waals surface area contributed by atoms with Gasteiger partial charge in [0.1, 0.15) is 5.75 Å². The minimum absolute atomic E-state index is 0.0134. The van der Waals surface area contributed by atoms with E-state index in [1.165, 1.54) is 4.31 Å². The maximum atomic E-state index is 12.3. The summed E-state index contributed by atoms with van der Waals surface area (Å²) in [7, 11) is -3.47. The maximum Gasteiger partial charge on any atom is 0.263 e. The summed E-state index contributed by atoms with van der Waals surface area (Å²) in [5.41, 5.74) is 0.468. The second-order valence-corrected chi connectivity index (χ2v) is 7.47. The molecular weight excluding hydrogens is 304 g/mol. The lowest BCUT2D eigenvalue weighted by molar-refractivity contribution is -0.128. The number of carbonyl (C=O) groups is 1. The summed E-state index contributed by atoms with van der Waals surface area (Å²) in [6.45, 7) is 3.95. The van der Waals surface area contributed by atoms with Gasteiger partial charge in [0, 0.05) is 6.04 Å². The third-order valence-corrected chi connectivity index (χ3v) is 4.68. The van der Waals surface area contributed by atoms with Crippen LogP contribution in [0.1, 0.15) is 26.7 Å². The summed E-state index contributed by atoms with van der Waals surface area (Å²) >= 11 is 0. The zero-order valence-electron chi connectivity index (χ0n) is 13.1. The summed E-state index contributed by atoms with van der Waals surface area (Å²) in [6, 6.07) is 6.86. The van der Waals surface area contributed by atoms with E-state index in [0.29, 0.717) is 11.4 Å². The fraction of sp³-hybridized carbons (Fsp3) is 0.533. The van der Waals surface area contributed by atoms with Gasteiger partial charge in [0.2, 0.25) is 10.0 Å². The minimum Gasteiger partial charge on any atom is -0.476 e. The zero-order valence-corrected chi connectivity index (χ0v) is 13.9. The van der Waals surface area contributed by atoms with Crippen molar-refractivity contribution >= 4 is 21.6 Å². The SMILES string of the molecule is CCCC(C)NC(=O)C1CN(S(C)(=O)=O)c2ccccc2O1. The van der Waals surface area contributed by atoms with Gasteiger partial charge in [-0.15, -0.1) is 0 Å². The Morgan fingerprint density at radius 1 is 1.45 bits per heavy atom. The largest absolute Gasteiger partial charge is 0.476 e. The van der Waals surface area contributed by atoms with Gasteiger partial charge >= 0.3 is 0 Å². The Labute approximate surface area is 131 Å². The number of sulfonamides is 1. The molecule has 0 saturated heterocycles. The lowest BCUT2D eigenvalue weighted by Gasteiger charge is -2.34. The Morgan fingerprint density at radius 3 is 2.77 bits per heavy atom. The van der Waals surface area contributed by atoms with Gasteiger partial charge in [-0.25, -0.2) is 8.42 Å². The van der Waals surface area contributed by atoms with Gasteiger partial charge in [0.25, 0.3) is 5.91 Å². The van der Waals surface area contributed by atoms with Crippen molar-refractivity contribution in [3.05, 3.63) is 24.3 Å². The molecule has 2 rings (SSSR count). The minimum atomic E-state index is -3.47. The quantitative estimate of drug-likeness (QED) is 0.890. The van der Waals surface area contributed by atoms with E-state index in [1.807, 2.05) is 13.8 Å². The van der Waals surface area contributed by atoms with E-state index in [4.69, 9.17) is 4.74 Å². The van der Waals surface area contributed by atoms with Crippen molar-refractivity contribution in [1.29, 1.82) is 0 Å². The number of amides is 1. The number of nitrogens with one attached hydrogen (secondary N) is 1. The number of fused-ring (bicyclic) bond motifs is 1. The molecule has 0 spiro atoms. The average Bonchev–Trinajstić information content (AvgIpc) is 2.45. The number of nitrogens with zero attached hydrogens (tertiary/aromatic N) is 1. The summed E-state index contributed by atoms with van der Waals surface area (Å²) in [5.74, 6) is 0.117. The summed E-state index contributed by atoms with van der Waals surface area (Å²) in [6.07, 6.45) is 2.11. The monoisotopic (exact) mass is 326 g/mol. The van der Waals surface area contributed by atoms with Crippen LogP contribution in [-0.2, 0) is 14.8 Å². The van der Waals surface area contributed by atoms with Crippen LogP contribution >= 0.6 is 0 Å². The molecule has 1 aromatic carbocycles. The third-order valence-electron chi connectivity index (χ3n) is 3.54. The number of carbonyl (C=O) groups excluding carboxylic acids is 1. The van der Waals surface area contributed by atoms with Crippen LogP contribution in [0.2, 0.25) is 0 Å². The number of para-hydroxylation sites is 2. The van der Waals surface area contributed by atoms with Crippen LogP contribution in [0, 0.1) is 0 Å². The molecule has 2 atom stereocenters. The summed E-state index contributed by atoms with van der Waals surface area (Å²) in [5, 5.41) is 2.87. The molecular formula is C15H22N2O4S. The number of hydrogen-bond donors (Lipinski definition) is 1. The number of rotatable bonds is 5. The molecule has 0 aliphatic carbocycles. The second-order valence-electron chi connectivity index (χ2n) is 5.57. The van der Waals surface area contributed by atoms with Gasteiger partial charge in [-0.2, -0.15) is 0 Å². The molecule has 0 aromatic heterocycles. The first-order chi connectivity index (χ1) is 10.3. The highest BCUT2D eigenvalue weighted by molar-refractivity contribution is 7.92. The highest BCUT2D eigenvalue weighted by Crippen LogP contribution is 2.34.